The molecule has 2 aromatic rings. The first-order valence-corrected chi connectivity index (χ1v) is 9.10. The molecular weight excluding hydrogens is 362 g/mol. The molecule has 0 atom stereocenters. The largest absolute Gasteiger partial charge is 0.345 e. The molecule has 0 bridgehead atoms. The van der Waals surface area contributed by atoms with Crippen molar-refractivity contribution in [1.29, 1.82) is 0 Å². The fraction of sp³-hybridized carbons (Fsp3) is 0.273. The lowest BCUT2D eigenvalue weighted by Gasteiger charge is -2.31. The number of rotatable bonds is 3. The van der Waals surface area contributed by atoms with Gasteiger partial charge >= 0.3 is 0 Å². The van der Waals surface area contributed by atoms with Gasteiger partial charge in [0.15, 0.2) is 0 Å². The van der Waals surface area contributed by atoms with Crippen molar-refractivity contribution in [3.8, 4) is 11.8 Å². The SMILES string of the molecule is O=C(NCC#Cc1ccccc1)C1CCN(C(=O)c2ccc(F)cc2F)CC1. The first-order chi connectivity index (χ1) is 13.5. The van der Waals surface area contributed by atoms with Gasteiger partial charge in [-0.1, -0.05) is 30.0 Å². The summed E-state index contributed by atoms with van der Waals surface area (Å²) in [5.74, 6) is 3.50. The maximum absolute atomic E-state index is 13.8. The molecule has 2 amide bonds. The maximum atomic E-state index is 13.8. The van der Waals surface area contributed by atoms with E-state index in [1.165, 1.54) is 4.90 Å². The van der Waals surface area contributed by atoms with Crippen LogP contribution in [0.15, 0.2) is 48.5 Å². The highest BCUT2D eigenvalue weighted by atomic mass is 19.1. The van der Waals surface area contributed by atoms with E-state index in [1.807, 2.05) is 30.3 Å². The van der Waals surface area contributed by atoms with Gasteiger partial charge in [0, 0.05) is 30.6 Å². The van der Waals surface area contributed by atoms with Crippen LogP contribution < -0.4 is 5.32 Å². The highest BCUT2D eigenvalue weighted by Crippen LogP contribution is 2.20. The van der Waals surface area contributed by atoms with Crippen molar-refractivity contribution in [3.05, 3.63) is 71.3 Å². The molecular formula is C22H20F2N2O2. The van der Waals surface area contributed by atoms with Crippen LogP contribution in [0.3, 0.4) is 0 Å². The van der Waals surface area contributed by atoms with Crippen molar-refractivity contribution in [2.24, 2.45) is 5.92 Å². The zero-order chi connectivity index (χ0) is 19.9. The van der Waals surface area contributed by atoms with Crippen LogP contribution >= 0.6 is 0 Å². The topological polar surface area (TPSA) is 49.4 Å². The third kappa shape index (κ3) is 4.95. The minimum absolute atomic E-state index is 0.0950. The summed E-state index contributed by atoms with van der Waals surface area (Å²) in [5, 5.41) is 2.80. The van der Waals surface area contributed by atoms with Crippen LogP contribution in [0.25, 0.3) is 0 Å². The maximum Gasteiger partial charge on any atom is 0.256 e. The second-order valence-electron chi connectivity index (χ2n) is 6.58. The molecule has 0 spiro atoms. The normalized spacial score (nSPS) is 14.1. The van der Waals surface area contributed by atoms with Crippen molar-refractivity contribution < 1.29 is 18.4 Å². The predicted molar refractivity (Wildman–Crippen MR) is 101 cm³/mol. The number of carbonyl (C=O) groups is 2. The molecule has 144 valence electrons. The third-order valence-corrected chi connectivity index (χ3v) is 4.67. The van der Waals surface area contributed by atoms with Crippen molar-refractivity contribution in [1.82, 2.24) is 10.2 Å². The fourth-order valence-corrected chi connectivity index (χ4v) is 3.12. The van der Waals surface area contributed by atoms with Gasteiger partial charge in [-0.2, -0.15) is 0 Å². The number of carbonyl (C=O) groups excluding carboxylic acids is 2. The number of nitrogens with zero attached hydrogens (tertiary/aromatic N) is 1. The van der Waals surface area contributed by atoms with E-state index in [2.05, 4.69) is 17.2 Å². The Balaban J connectivity index is 1.47. The van der Waals surface area contributed by atoms with Crippen LogP contribution in [0.4, 0.5) is 8.78 Å². The van der Waals surface area contributed by atoms with Crippen LogP contribution in [-0.4, -0.2) is 36.3 Å². The number of nitrogens with one attached hydrogen (secondary N) is 1. The van der Waals surface area contributed by atoms with E-state index in [1.54, 1.807) is 0 Å². The second-order valence-corrected chi connectivity index (χ2v) is 6.58. The molecule has 0 aromatic heterocycles. The number of likely N-dealkylation sites (tertiary alicyclic amines) is 1. The van der Waals surface area contributed by atoms with Gasteiger partial charge in [-0.15, -0.1) is 0 Å². The Kier molecular flexibility index (Phi) is 6.38. The molecule has 0 unspecified atom stereocenters. The molecule has 4 nitrogen and oxygen atoms in total. The molecule has 1 fully saturated rings. The molecule has 1 N–H and O–H groups in total. The van der Waals surface area contributed by atoms with Gasteiger partial charge in [0.2, 0.25) is 5.91 Å². The van der Waals surface area contributed by atoms with Crippen molar-refractivity contribution in [2.45, 2.75) is 12.8 Å². The molecule has 1 aliphatic rings. The molecule has 6 heteroatoms. The van der Waals surface area contributed by atoms with Gasteiger partial charge in [-0.25, -0.2) is 8.78 Å². The summed E-state index contributed by atoms with van der Waals surface area (Å²) < 4.78 is 26.8. The molecule has 1 heterocycles. The number of halogens is 2. The van der Waals surface area contributed by atoms with Crippen molar-refractivity contribution in [3.63, 3.8) is 0 Å². The van der Waals surface area contributed by atoms with E-state index in [9.17, 15) is 18.4 Å². The number of hydrogen-bond donors (Lipinski definition) is 1. The van der Waals surface area contributed by atoms with Crippen LogP contribution in [0, 0.1) is 29.4 Å². The first-order valence-electron chi connectivity index (χ1n) is 9.10. The van der Waals surface area contributed by atoms with E-state index >= 15 is 0 Å². The first kappa shape index (κ1) is 19.6. The summed E-state index contributed by atoms with van der Waals surface area (Å²) >= 11 is 0. The third-order valence-electron chi connectivity index (χ3n) is 4.67. The molecule has 0 aliphatic carbocycles. The quantitative estimate of drug-likeness (QED) is 0.830. The number of amides is 2. The number of hydrogen-bond acceptors (Lipinski definition) is 2. The Bertz CT molecular complexity index is 911. The summed E-state index contributed by atoms with van der Waals surface area (Å²) in [5.41, 5.74) is 0.733. The van der Waals surface area contributed by atoms with Crippen LogP contribution in [-0.2, 0) is 4.79 Å². The molecule has 0 radical (unpaired) electrons. The zero-order valence-corrected chi connectivity index (χ0v) is 15.3. The van der Waals surface area contributed by atoms with Gasteiger partial charge in [-0.3, -0.25) is 9.59 Å². The fourth-order valence-electron chi connectivity index (χ4n) is 3.12. The summed E-state index contributed by atoms with van der Waals surface area (Å²) in [6.45, 7) is 0.959. The smallest absolute Gasteiger partial charge is 0.256 e. The lowest BCUT2D eigenvalue weighted by molar-refractivity contribution is -0.126. The van der Waals surface area contributed by atoms with Gasteiger partial charge in [0.25, 0.3) is 5.91 Å². The van der Waals surface area contributed by atoms with E-state index in [0.717, 1.165) is 17.7 Å². The molecule has 1 aliphatic heterocycles. The van der Waals surface area contributed by atoms with Gasteiger partial charge < -0.3 is 10.2 Å². The van der Waals surface area contributed by atoms with Crippen LogP contribution in [0.2, 0.25) is 0 Å². The van der Waals surface area contributed by atoms with Crippen LogP contribution in [0.5, 0.6) is 0 Å². The Hall–Kier alpha value is -3.20. The van der Waals surface area contributed by atoms with Gasteiger partial charge in [-0.05, 0) is 37.1 Å². The zero-order valence-electron chi connectivity index (χ0n) is 15.3. The van der Waals surface area contributed by atoms with Gasteiger partial charge in [0.05, 0.1) is 12.1 Å². The minimum Gasteiger partial charge on any atom is -0.345 e. The lowest BCUT2D eigenvalue weighted by atomic mass is 9.95. The molecule has 1 saturated heterocycles. The van der Waals surface area contributed by atoms with Crippen LogP contribution in [0.1, 0.15) is 28.8 Å². The summed E-state index contributed by atoms with van der Waals surface area (Å²) in [7, 11) is 0. The summed E-state index contributed by atoms with van der Waals surface area (Å²) in [6.07, 6.45) is 0.985. The second kappa shape index (κ2) is 9.14. The number of piperidine rings is 1. The van der Waals surface area contributed by atoms with E-state index < -0.39 is 17.5 Å². The summed E-state index contributed by atoms with van der Waals surface area (Å²) in [6, 6.07) is 12.4. The van der Waals surface area contributed by atoms with E-state index in [0.29, 0.717) is 32.0 Å². The molecule has 2 aromatic carbocycles. The Morgan fingerprint density at radius 3 is 2.46 bits per heavy atom. The monoisotopic (exact) mass is 382 g/mol. The molecule has 3 rings (SSSR count). The van der Waals surface area contributed by atoms with E-state index in [-0.39, 0.29) is 23.9 Å². The standard InChI is InChI=1S/C22H20F2N2O2/c23-18-8-9-19(20(24)15-18)22(28)26-13-10-17(11-14-26)21(27)25-12-4-7-16-5-2-1-3-6-16/h1-3,5-6,8-9,15,17H,10-14H2,(H,25,27). The predicted octanol–water partition coefficient (Wildman–Crippen LogP) is 2.98. The highest BCUT2D eigenvalue weighted by Gasteiger charge is 2.28. The van der Waals surface area contributed by atoms with Gasteiger partial charge in [0.1, 0.15) is 11.6 Å². The highest BCUT2D eigenvalue weighted by molar-refractivity contribution is 5.94. The Labute approximate surface area is 162 Å². The minimum atomic E-state index is -0.873. The van der Waals surface area contributed by atoms with E-state index in [4.69, 9.17) is 0 Å². The average Bonchev–Trinajstić information content (AvgIpc) is 2.71. The molecule has 28 heavy (non-hydrogen) atoms. The average molecular weight is 382 g/mol. The Morgan fingerprint density at radius 2 is 1.79 bits per heavy atom. The molecule has 0 saturated carbocycles. The lowest BCUT2D eigenvalue weighted by Crippen LogP contribution is -2.43. The summed E-state index contributed by atoms with van der Waals surface area (Å²) in [4.78, 5) is 26.2. The van der Waals surface area contributed by atoms with Crippen molar-refractivity contribution in [2.75, 3.05) is 19.6 Å². The van der Waals surface area contributed by atoms with Crippen molar-refractivity contribution >= 4 is 11.8 Å². The Morgan fingerprint density at radius 1 is 1.07 bits per heavy atom. The number of benzene rings is 2.